The van der Waals surface area contributed by atoms with Gasteiger partial charge in [0.15, 0.2) is 5.03 Å². The maximum Gasteiger partial charge on any atom is 0.283 e. The SMILES string of the molecule is CCOc1ccc(-c2ccc(C(=O)NS(=O)(=O)c3nccnc3C)c(Oc3c(C)cc(C)cc3C)n2)cc1. The van der Waals surface area contributed by atoms with Gasteiger partial charge < -0.3 is 9.47 Å². The third-order valence-electron chi connectivity index (χ3n) is 5.69. The van der Waals surface area contributed by atoms with Crippen molar-refractivity contribution in [2.75, 3.05) is 6.61 Å². The van der Waals surface area contributed by atoms with Crippen LogP contribution in [0.4, 0.5) is 0 Å². The Morgan fingerprint density at radius 3 is 2.21 bits per heavy atom. The number of benzene rings is 2. The Hall–Kier alpha value is -4.31. The predicted octanol–water partition coefficient (Wildman–Crippen LogP) is 5.08. The van der Waals surface area contributed by atoms with E-state index >= 15 is 0 Å². The van der Waals surface area contributed by atoms with Crippen LogP contribution in [0.3, 0.4) is 0 Å². The summed E-state index contributed by atoms with van der Waals surface area (Å²) in [6.45, 7) is 9.72. The lowest BCUT2D eigenvalue weighted by Gasteiger charge is -2.16. The van der Waals surface area contributed by atoms with Crippen molar-refractivity contribution in [2.24, 2.45) is 0 Å². The molecule has 2 aromatic heterocycles. The molecule has 2 heterocycles. The van der Waals surface area contributed by atoms with Crippen molar-refractivity contribution in [2.45, 2.75) is 39.6 Å². The molecule has 0 atom stereocenters. The molecule has 2 aromatic carbocycles. The molecule has 1 amide bonds. The van der Waals surface area contributed by atoms with Gasteiger partial charge in [-0.15, -0.1) is 0 Å². The second-order valence-electron chi connectivity index (χ2n) is 8.72. The van der Waals surface area contributed by atoms with E-state index in [0.29, 0.717) is 18.1 Å². The van der Waals surface area contributed by atoms with Gasteiger partial charge in [-0.05, 0) is 82.1 Å². The lowest BCUT2D eigenvalue weighted by atomic mass is 10.1. The molecule has 0 saturated carbocycles. The van der Waals surface area contributed by atoms with Gasteiger partial charge in [0.2, 0.25) is 5.88 Å². The van der Waals surface area contributed by atoms with Crippen molar-refractivity contribution in [3.8, 4) is 28.6 Å². The van der Waals surface area contributed by atoms with Gasteiger partial charge in [0, 0.05) is 18.0 Å². The number of hydrogen-bond donors (Lipinski definition) is 1. The fourth-order valence-corrected chi connectivity index (χ4v) is 5.14. The lowest BCUT2D eigenvalue weighted by molar-refractivity contribution is 0.0978. The Labute approximate surface area is 222 Å². The van der Waals surface area contributed by atoms with Gasteiger partial charge >= 0.3 is 0 Å². The van der Waals surface area contributed by atoms with Crippen LogP contribution in [0.5, 0.6) is 17.4 Å². The second kappa shape index (κ2) is 11.0. The van der Waals surface area contributed by atoms with E-state index in [9.17, 15) is 13.2 Å². The number of amides is 1. The number of ether oxygens (including phenoxy) is 2. The van der Waals surface area contributed by atoms with Crippen molar-refractivity contribution in [1.29, 1.82) is 0 Å². The molecule has 4 rings (SSSR count). The molecule has 38 heavy (non-hydrogen) atoms. The van der Waals surface area contributed by atoms with Gasteiger partial charge in [-0.1, -0.05) is 17.7 Å². The Morgan fingerprint density at radius 1 is 0.921 bits per heavy atom. The standard InChI is InChI=1S/C28H28N4O5S/c1-6-36-22-9-7-21(8-10-22)24-12-11-23(26(33)32-38(34,35)28-20(5)29-13-14-30-28)27(31-24)37-25-18(3)15-17(2)16-19(25)4/h7-16H,6H2,1-5H3,(H,32,33). The van der Waals surface area contributed by atoms with Gasteiger partial charge in [0.1, 0.15) is 17.1 Å². The van der Waals surface area contributed by atoms with Crippen molar-refractivity contribution in [3.63, 3.8) is 0 Å². The first-order valence-electron chi connectivity index (χ1n) is 11.9. The summed E-state index contributed by atoms with van der Waals surface area (Å²) < 4.78 is 39.6. The van der Waals surface area contributed by atoms with Gasteiger partial charge in [-0.3, -0.25) is 9.78 Å². The zero-order valence-corrected chi connectivity index (χ0v) is 22.6. The Kier molecular flexibility index (Phi) is 7.72. The number of nitrogens with one attached hydrogen (secondary N) is 1. The number of rotatable bonds is 8. The molecule has 0 aliphatic heterocycles. The molecule has 0 aliphatic rings. The second-order valence-corrected chi connectivity index (χ2v) is 10.3. The summed E-state index contributed by atoms with van der Waals surface area (Å²) in [5, 5.41) is -0.333. The Morgan fingerprint density at radius 2 is 1.58 bits per heavy atom. The summed E-state index contributed by atoms with van der Waals surface area (Å²) in [5.41, 5.74) is 4.19. The van der Waals surface area contributed by atoms with E-state index in [-0.39, 0.29) is 22.2 Å². The first kappa shape index (κ1) is 26.7. The highest BCUT2D eigenvalue weighted by molar-refractivity contribution is 7.90. The summed E-state index contributed by atoms with van der Waals surface area (Å²) in [6.07, 6.45) is 2.62. The summed E-state index contributed by atoms with van der Waals surface area (Å²) in [5.74, 6) is 0.320. The van der Waals surface area contributed by atoms with E-state index in [1.54, 1.807) is 6.07 Å². The average molecular weight is 533 g/mol. The number of pyridine rings is 1. The van der Waals surface area contributed by atoms with Crippen LogP contribution in [0.2, 0.25) is 0 Å². The van der Waals surface area contributed by atoms with E-state index in [1.165, 1.54) is 25.4 Å². The smallest absolute Gasteiger partial charge is 0.283 e. The van der Waals surface area contributed by atoms with E-state index in [2.05, 4.69) is 19.7 Å². The van der Waals surface area contributed by atoms with Crippen LogP contribution in [-0.4, -0.2) is 35.9 Å². The Balaban J connectivity index is 1.76. The van der Waals surface area contributed by atoms with Gasteiger partial charge in [0.25, 0.3) is 15.9 Å². The largest absolute Gasteiger partial charge is 0.494 e. The zero-order chi connectivity index (χ0) is 27.4. The molecule has 0 fully saturated rings. The molecule has 9 nitrogen and oxygen atoms in total. The molecule has 0 aliphatic carbocycles. The summed E-state index contributed by atoms with van der Waals surface area (Å²) >= 11 is 0. The molecule has 10 heteroatoms. The summed E-state index contributed by atoms with van der Waals surface area (Å²) in [7, 11) is -4.29. The number of aryl methyl sites for hydroxylation is 4. The minimum absolute atomic E-state index is 0.0324. The van der Waals surface area contributed by atoms with Crippen LogP contribution in [0.25, 0.3) is 11.3 Å². The third-order valence-corrected chi connectivity index (χ3v) is 7.05. The van der Waals surface area contributed by atoms with Crippen molar-refractivity contribution in [1.82, 2.24) is 19.7 Å². The van der Waals surface area contributed by atoms with Crippen LogP contribution in [0.1, 0.15) is 39.7 Å². The van der Waals surface area contributed by atoms with Crippen LogP contribution >= 0.6 is 0 Å². The van der Waals surface area contributed by atoms with Crippen molar-refractivity contribution in [3.05, 3.63) is 88.9 Å². The molecule has 0 radical (unpaired) electrons. The van der Waals surface area contributed by atoms with Crippen molar-refractivity contribution < 1.29 is 22.7 Å². The molecule has 1 N–H and O–H groups in total. The molecular formula is C28H28N4O5S. The molecular weight excluding hydrogens is 504 g/mol. The first-order valence-corrected chi connectivity index (χ1v) is 13.4. The summed E-state index contributed by atoms with van der Waals surface area (Å²) in [4.78, 5) is 25.7. The average Bonchev–Trinajstić information content (AvgIpc) is 2.86. The highest BCUT2D eigenvalue weighted by atomic mass is 32.2. The highest BCUT2D eigenvalue weighted by Gasteiger charge is 2.26. The maximum atomic E-state index is 13.3. The zero-order valence-electron chi connectivity index (χ0n) is 21.8. The molecule has 0 spiro atoms. The van der Waals surface area contributed by atoms with E-state index < -0.39 is 15.9 Å². The quantitative estimate of drug-likeness (QED) is 0.333. The number of aromatic nitrogens is 3. The molecule has 0 bridgehead atoms. The maximum absolute atomic E-state index is 13.3. The van der Waals surface area contributed by atoms with Crippen molar-refractivity contribution >= 4 is 15.9 Å². The van der Waals surface area contributed by atoms with Gasteiger partial charge in [0.05, 0.1) is 18.0 Å². The Bertz CT molecular complexity index is 1580. The van der Waals surface area contributed by atoms with E-state index in [0.717, 1.165) is 28.0 Å². The fraction of sp³-hybridized carbons (Fsp3) is 0.214. The lowest BCUT2D eigenvalue weighted by Crippen LogP contribution is -2.32. The topological polar surface area (TPSA) is 120 Å². The highest BCUT2D eigenvalue weighted by Crippen LogP contribution is 2.33. The van der Waals surface area contributed by atoms with Crippen LogP contribution in [0.15, 0.2) is 66.0 Å². The molecule has 196 valence electrons. The number of carbonyl (C=O) groups excluding carboxylic acids is 1. The predicted molar refractivity (Wildman–Crippen MR) is 143 cm³/mol. The molecule has 0 saturated heterocycles. The molecule has 0 unspecified atom stereocenters. The van der Waals surface area contributed by atoms with Crippen LogP contribution < -0.4 is 14.2 Å². The van der Waals surface area contributed by atoms with Gasteiger partial charge in [-0.25, -0.2) is 14.7 Å². The third kappa shape index (κ3) is 5.81. The van der Waals surface area contributed by atoms with E-state index in [4.69, 9.17) is 9.47 Å². The van der Waals surface area contributed by atoms with E-state index in [1.807, 2.05) is 64.1 Å². The first-order chi connectivity index (χ1) is 18.1. The molecule has 4 aromatic rings. The number of carbonyl (C=O) groups is 1. The monoisotopic (exact) mass is 532 g/mol. The minimum Gasteiger partial charge on any atom is -0.494 e. The normalized spacial score (nSPS) is 11.2. The van der Waals surface area contributed by atoms with Crippen LogP contribution in [0, 0.1) is 27.7 Å². The number of hydrogen-bond acceptors (Lipinski definition) is 8. The summed E-state index contributed by atoms with van der Waals surface area (Å²) in [6, 6.07) is 14.4. The van der Waals surface area contributed by atoms with Crippen LogP contribution in [-0.2, 0) is 10.0 Å². The minimum atomic E-state index is -4.29. The fourth-order valence-electron chi connectivity index (χ4n) is 4.05. The van der Waals surface area contributed by atoms with Gasteiger partial charge in [-0.2, -0.15) is 8.42 Å². The number of nitrogens with zero attached hydrogens (tertiary/aromatic N) is 3. The number of sulfonamides is 1.